The van der Waals surface area contributed by atoms with Crippen LogP contribution >= 0.6 is 0 Å². The van der Waals surface area contributed by atoms with Gasteiger partial charge in [0.1, 0.15) is 5.75 Å². The summed E-state index contributed by atoms with van der Waals surface area (Å²) < 4.78 is 5.34. The van der Waals surface area contributed by atoms with Crippen molar-refractivity contribution in [1.82, 2.24) is 4.90 Å². The maximum absolute atomic E-state index is 10.9. The lowest BCUT2D eigenvalue weighted by Gasteiger charge is -2.17. The summed E-state index contributed by atoms with van der Waals surface area (Å²) in [4.78, 5) is 13.1. The van der Waals surface area contributed by atoms with Crippen LogP contribution in [0.5, 0.6) is 5.75 Å². The number of methoxy groups -OCH3 is 1. The van der Waals surface area contributed by atoms with Gasteiger partial charge in [0.25, 0.3) is 0 Å². The molecule has 0 radical (unpaired) electrons. The van der Waals surface area contributed by atoms with Gasteiger partial charge in [-0.15, -0.1) is 0 Å². The van der Waals surface area contributed by atoms with E-state index in [-0.39, 0.29) is 5.92 Å². The van der Waals surface area contributed by atoms with Gasteiger partial charge in [0, 0.05) is 18.7 Å². The Bertz CT molecular complexity index is 445. The second-order valence-electron chi connectivity index (χ2n) is 4.87. The van der Waals surface area contributed by atoms with Crippen LogP contribution in [0.1, 0.15) is 17.5 Å². The molecule has 1 N–H and O–H groups in total. The van der Waals surface area contributed by atoms with E-state index < -0.39 is 5.97 Å². The van der Waals surface area contributed by atoms with Gasteiger partial charge >= 0.3 is 5.97 Å². The minimum Gasteiger partial charge on any atom is -0.496 e. The fourth-order valence-electron chi connectivity index (χ4n) is 2.45. The van der Waals surface area contributed by atoms with Crippen LogP contribution in [0.15, 0.2) is 18.2 Å². The standard InChI is InChI=1S/C14H19NO3/c1-10-3-4-13(18-2)12(7-10)9-15-6-5-11(8-15)14(16)17/h3-4,7,11H,5-6,8-9H2,1-2H3,(H,16,17). The number of nitrogens with zero attached hydrogens (tertiary/aromatic N) is 1. The fraction of sp³-hybridized carbons (Fsp3) is 0.500. The van der Waals surface area contributed by atoms with Gasteiger partial charge in [-0.25, -0.2) is 0 Å². The molecule has 1 aliphatic heterocycles. The third kappa shape index (κ3) is 2.82. The van der Waals surface area contributed by atoms with Crippen molar-refractivity contribution in [3.63, 3.8) is 0 Å². The molecule has 0 bridgehead atoms. The number of carboxylic acids is 1. The van der Waals surface area contributed by atoms with E-state index in [1.807, 2.05) is 19.1 Å². The van der Waals surface area contributed by atoms with Crippen LogP contribution in [-0.4, -0.2) is 36.2 Å². The largest absolute Gasteiger partial charge is 0.496 e. The molecule has 4 nitrogen and oxygen atoms in total. The Kier molecular flexibility index (Phi) is 3.87. The fourth-order valence-corrected chi connectivity index (χ4v) is 2.45. The highest BCUT2D eigenvalue weighted by molar-refractivity contribution is 5.70. The number of likely N-dealkylation sites (tertiary alicyclic amines) is 1. The highest BCUT2D eigenvalue weighted by Gasteiger charge is 2.28. The Hall–Kier alpha value is -1.55. The van der Waals surface area contributed by atoms with Gasteiger partial charge < -0.3 is 9.84 Å². The number of aryl methyl sites for hydroxylation is 1. The molecule has 1 aromatic rings. The zero-order valence-electron chi connectivity index (χ0n) is 10.8. The van der Waals surface area contributed by atoms with Crippen LogP contribution in [0.3, 0.4) is 0 Å². The number of rotatable bonds is 4. The molecule has 2 rings (SSSR count). The van der Waals surface area contributed by atoms with Gasteiger partial charge in [0.15, 0.2) is 0 Å². The third-order valence-corrected chi connectivity index (χ3v) is 3.45. The Morgan fingerprint density at radius 1 is 1.56 bits per heavy atom. The summed E-state index contributed by atoms with van der Waals surface area (Å²) in [5, 5.41) is 8.99. The number of hydrogen-bond donors (Lipinski definition) is 1. The van der Waals surface area contributed by atoms with E-state index in [9.17, 15) is 4.79 Å². The summed E-state index contributed by atoms with van der Waals surface area (Å²) in [6.45, 7) is 4.28. The SMILES string of the molecule is COc1ccc(C)cc1CN1CCC(C(=O)O)C1. The molecular weight excluding hydrogens is 230 g/mol. The smallest absolute Gasteiger partial charge is 0.307 e. The van der Waals surface area contributed by atoms with Gasteiger partial charge in [-0.1, -0.05) is 17.7 Å². The maximum Gasteiger partial charge on any atom is 0.307 e. The van der Waals surface area contributed by atoms with Gasteiger partial charge in [-0.05, 0) is 26.0 Å². The summed E-state index contributed by atoms with van der Waals surface area (Å²) in [6, 6.07) is 6.09. The second kappa shape index (κ2) is 5.40. The number of ether oxygens (including phenoxy) is 1. The molecule has 1 heterocycles. The number of aliphatic carboxylic acids is 1. The monoisotopic (exact) mass is 249 g/mol. The number of carboxylic acid groups (broad SMARTS) is 1. The van der Waals surface area contributed by atoms with Crippen LogP contribution in [0, 0.1) is 12.8 Å². The van der Waals surface area contributed by atoms with Crippen molar-refractivity contribution in [1.29, 1.82) is 0 Å². The van der Waals surface area contributed by atoms with Crippen LogP contribution in [-0.2, 0) is 11.3 Å². The highest BCUT2D eigenvalue weighted by Crippen LogP contribution is 2.24. The molecule has 1 unspecified atom stereocenters. The van der Waals surface area contributed by atoms with Gasteiger partial charge in [-0.2, -0.15) is 0 Å². The summed E-state index contributed by atoms with van der Waals surface area (Å²) in [7, 11) is 1.66. The molecule has 1 fully saturated rings. The summed E-state index contributed by atoms with van der Waals surface area (Å²) >= 11 is 0. The van der Waals surface area contributed by atoms with Crippen molar-refractivity contribution >= 4 is 5.97 Å². The summed E-state index contributed by atoms with van der Waals surface area (Å²) in [6.07, 6.45) is 0.740. The average Bonchev–Trinajstić information content (AvgIpc) is 2.78. The molecule has 0 saturated carbocycles. The topological polar surface area (TPSA) is 49.8 Å². The number of hydrogen-bond acceptors (Lipinski definition) is 3. The van der Waals surface area contributed by atoms with E-state index in [1.54, 1.807) is 7.11 Å². The molecule has 4 heteroatoms. The predicted octanol–water partition coefficient (Wildman–Crippen LogP) is 1.91. The number of carbonyl (C=O) groups is 1. The van der Waals surface area contributed by atoms with Crippen molar-refractivity contribution in [2.45, 2.75) is 19.9 Å². The normalized spacial score (nSPS) is 20.0. The first-order chi connectivity index (χ1) is 8.60. The van der Waals surface area contributed by atoms with E-state index in [0.717, 1.165) is 30.8 Å². The highest BCUT2D eigenvalue weighted by atomic mass is 16.5. The predicted molar refractivity (Wildman–Crippen MR) is 68.8 cm³/mol. The molecule has 0 aromatic heterocycles. The summed E-state index contributed by atoms with van der Waals surface area (Å²) in [5.74, 6) is -0.0334. The Morgan fingerprint density at radius 2 is 2.33 bits per heavy atom. The van der Waals surface area contributed by atoms with Crippen molar-refractivity contribution in [3.8, 4) is 5.75 Å². The Labute approximate surface area is 107 Å². The zero-order chi connectivity index (χ0) is 13.1. The molecule has 18 heavy (non-hydrogen) atoms. The lowest BCUT2D eigenvalue weighted by Crippen LogP contribution is -2.23. The third-order valence-electron chi connectivity index (χ3n) is 3.45. The molecule has 1 aromatic carbocycles. The van der Waals surface area contributed by atoms with Crippen LogP contribution in [0.4, 0.5) is 0 Å². The lowest BCUT2D eigenvalue weighted by molar-refractivity contribution is -0.141. The van der Waals surface area contributed by atoms with Crippen LogP contribution in [0.2, 0.25) is 0 Å². The minimum atomic E-state index is -0.686. The first-order valence-corrected chi connectivity index (χ1v) is 6.19. The quantitative estimate of drug-likeness (QED) is 0.885. The van der Waals surface area contributed by atoms with E-state index in [0.29, 0.717) is 6.54 Å². The molecule has 1 atom stereocenters. The van der Waals surface area contributed by atoms with E-state index >= 15 is 0 Å². The van der Waals surface area contributed by atoms with Crippen molar-refractivity contribution in [2.75, 3.05) is 20.2 Å². The first kappa shape index (κ1) is 12.9. The minimum absolute atomic E-state index is 0.221. The second-order valence-corrected chi connectivity index (χ2v) is 4.87. The lowest BCUT2D eigenvalue weighted by atomic mass is 10.1. The average molecular weight is 249 g/mol. The molecule has 0 spiro atoms. The van der Waals surface area contributed by atoms with Crippen molar-refractivity contribution in [2.24, 2.45) is 5.92 Å². The molecule has 0 amide bonds. The van der Waals surface area contributed by atoms with Crippen LogP contribution < -0.4 is 4.74 Å². The van der Waals surface area contributed by atoms with E-state index in [2.05, 4.69) is 11.0 Å². The summed E-state index contributed by atoms with van der Waals surface area (Å²) in [5.41, 5.74) is 2.32. The van der Waals surface area contributed by atoms with Gasteiger partial charge in [0.2, 0.25) is 0 Å². The van der Waals surface area contributed by atoms with Gasteiger partial charge in [-0.3, -0.25) is 9.69 Å². The zero-order valence-corrected chi connectivity index (χ0v) is 10.8. The van der Waals surface area contributed by atoms with E-state index in [4.69, 9.17) is 9.84 Å². The van der Waals surface area contributed by atoms with Crippen LogP contribution in [0.25, 0.3) is 0 Å². The molecule has 1 aliphatic rings. The first-order valence-electron chi connectivity index (χ1n) is 6.19. The van der Waals surface area contributed by atoms with Crippen molar-refractivity contribution < 1.29 is 14.6 Å². The van der Waals surface area contributed by atoms with Crippen molar-refractivity contribution in [3.05, 3.63) is 29.3 Å². The van der Waals surface area contributed by atoms with Gasteiger partial charge in [0.05, 0.1) is 13.0 Å². The molecule has 0 aliphatic carbocycles. The molecule has 98 valence electrons. The molecular formula is C14H19NO3. The molecule has 1 saturated heterocycles. The van der Waals surface area contributed by atoms with E-state index in [1.165, 1.54) is 5.56 Å². The Balaban J connectivity index is 2.06. The maximum atomic E-state index is 10.9. The number of benzene rings is 1. The Morgan fingerprint density at radius 3 is 2.94 bits per heavy atom.